The second-order valence-corrected chi connectivity index (χ2v) is 6.28. The molecule has 1 aromatic rings. The smallest absolute Gasteiger partial charge is 0.250 e. The van der Waals surface area contributed by atoms with Crippen molar-refractivity contribution in [1.82, 2.24) is 10.6 Å². The van der Waals surface area contributed by atoms with E-state index in [1.807, 2.05) is 0 Å². The van der Waals surface area contributed by atoms with E-state index in [1.165, 1.54) is 11.8 Å². The molecule has 8 nitrogen and oxygen atoms in total. The number of carbonyl (C=O) groups excluding carboxylic acids is 2. The fourth-order valence-electron chi connectivity index (χ4n) is 2.28. The summed E-state index contributed by atoms with van der Waals surface area (Å²) in [5.41, 5.74) is 0.726. The number of benzene rings is 1. The first-order valence-corrected chi connectivity index (χ1v) is 8.41. The highest BCUT2D eigenvalue weighted by Gasteiger charge is 2.22. The average molecular weight is 351 g/mol. The molecule has 2 heterocycles. The average Bonchev–Trinajstić information content (AvgIpc) is 3.23. The van der Waals surface area contributed by atoms with Gasteiger partial charge in [-0.1, -0.05) is 17.8 Å². The predicted octanol–water partition coefficient (Wildman–Crippen LogP) is -0.346. The summed E-state index contributed by atoms with van der Waals surface area (Å²) in [6, 6.07) is 4.19. The summed E-state index contributed by atoms with van der Waals surface area (Å²) in [6.07, 6.45) is 0.0656. The Morgan fingerprint density at radius 3 is 2.92 bits per heavy atom. The van der Waals surface area contributed by atoms with E-state index in [1.54, 1.807) is 18.2 Å². The lowest BCUT2D eigenvalue weighted by atomic mass is 10.1. The maximum absolute atomic E-state index is 12.1. The van der Waals surface area contributed by atoms with Crippen LogP contribution < -0.4 is 20.1 Å². The minimum absolute atomic E-state index is 0.0656. The van der Waals surface area contributed by atoms with Crippen LogP contribution in [0.1, 0.15) is 5.56 Å². The van der Waals surface area contributed by atoms with Crippen LogP contribution in [0.2, 0.25) is 0 Å². The van der Waals surface area contributed by atoms with Gasteiger partial charge in [0.25, 0.3) is 5.91 Å². The van der Waals surface area contributed by atoms with Gasteiger partial charge in [0.15, 0.2) is 16.7 Å². The lowest BCUT2D eigenvalue weighted by Gasteiger charge is -2.16. The Labute approximate surface area is 142 Å². The van der Waals surface area contributed by atoms with Crippen molar-refractivity contribution < 1.29 is 24.2 Å². The number of ether oxygens (including phenoxy) is 2. The van der Waals surface area contributed by atoms with Gasteiger partial charge in [-0.05, 0) is 17.7 Å². The molecule has 2 aliphatic rings. The van der Waals surface area contributed by atoms with Gasteiger partial charge in [-0.25, -0.2) is 0 Å². The third-order valence-corrected chi connectivity index (χ3v) is 4.34. The summed E-state index contributed by atoms with van der Waals surface area (Å²) in [5.74, 6) is 1.19. The van der Waals surface area contributed by atoms with Crippen LogP contribution in [0.25, 0.3) is 0 Å². The Hall–Kier alpha value is -2.26. The summed E-state index contributed by atoms with van der Waals surface area (Å²) < 4.78 is 10.5. The monoisotopic (exact) mass is 351 g/mol. The molecule has 0 radical (unpaired) electrons. The van der Waals surface area contributed by atoms with Crippen molar-refractivity contribution >= 4 is 28.7 Å². The van der Waals surface area contributed by atoms with E-state index in [-0.39, 0.29) is 19.1 Å². The summed E-state index contributed by atoms with van der Waals surface area (Å²) >= 11 is 1.43. The maximum atomic E-state index is 12.1. The van der Waals surface area contributed by atoms with Gasteiger partial charge in [0, 0.05) is 5.75 Å². The molecule has 1 aromatic carbocycles. The lowest BCUT2D eigenvalue weighted by Crippen LogP contribution is -2.50. The van der Waals surface area contributed by atoms with Gasteiger partial charge in [0.2, 0.25) is 12.7 Å². The Bertz CT molecular complexity index is 679. The molecule has 128 valence electrons. The van der Waals surface area contributed by atoms with Crippen molar-refractivity contribution in [2.45, 2.75) is 12.5 Å². The number of nitrogens with one attached hydrogen (secondary N) is 2. The van der Waals surface area contributed by atoms with Crippen LogP contribution in [-0.4, -0.2) is 53.8 Å². The molecule has 3 N–H and O–H groups in total. The van der Waals surface area contributed by atoms with Crippen molar-refractivity contribution in [3.63, 3.8) is 0 Å². The Morgan fingerprint density at radius 1 is 1.33 bits per heavy atom. The number of carbonyl (C=O) groups is 2. The molecule has 0 aromatic heterocycles. The van der Waals surface area contributed by atoms with E-state index in [0.29, 0.717) is 23.2 Å². The molecule has 2 amide bonds. The number of hydrogen-bond acceptors (Lipinski definition) is 7. The highest BCUT2D eigenvalue weighted by Crippen LogP contribution is 2.32. The largest absolute Gasteiger partial charge is 0.454 e. The van der Waals surface area contributed by atoms with Crippen molar-refractivity contribution in [1.29, 1.82) is 0 Å². The topological polar surface area (TPSA) is 109 Å². The SMILES string of the molecule is O=C(Cc1ccc2c(c1)OCO2)NC(CO)C(=O)NC1=NCCS1. The van der Waals surface area contributed by atoms with Gasteiger partial charge < -0.3 is 25.2 Å². The Kier molecular flexibility index (Phi) is 5.21. The Morgan fingerprint density at radius 2 is 2.17 bits per heavy atom. The minimum atomic E-state index is -1.02. The van der Waals surface area contributed by atoms with Crippen LogP contribution in [0.15, 0.2) is 23.2 Å². The lowest BCUT2D eigenvalue weighted by molar-refractivity contribution is -0.128. The Balaban J connectivity index is 1.55. The number of amides is 2. The van der Waals surface area contributed by atoms with Crippen LogP contribution in [-0.2, 0) is 16.0 Å². The summed E-state index contributed by atoms with van der Waals surface area (Å²) in [5, 5.41) is 15.0. The van der Waals surface area contributed by atoms with Crippen LogP contribution in [0, 0.1) is 0 Å². The van der Waals surface area contributed by atoms with Gasteiger partial charge in [-0.3, -0.25) is 14.6 Å². The fraction of sp³-hybridized carbons (Fsp3) is 0.400. The number of amidine groups is 1. The summed E-state index contributed by atoms with van der Waals surface area (Å²) in [4.78, 5) is 28.3. The zero-order chi connectivity index (χ0) is 16.9. The molecular weight excluding hydrogens is 334 g/mol. The second kappa shape index (κ2) is 7.54. The highest BCUT2D eigenvalue weighted by atomic mass is 32.2. The third-order valence-electron chi connectivity index (χ3n) is 3.45. The number of rotatable bonds is 5. The summed E-state index contributed by atoms with van der Waals surface area (Å²) in [6.45, 7) is 0.330. The zero-order valence-electron chi connectivity index (χ0n) is 12.8. The predicted molar refractivity (Wildman–Crippen MR) is 88.2 cm³/mol. The van der Waals surface area contributed by atoms with Gasteiger partial charge in [0.05, 0.1) is 19.6 Å². The van der Waals surface area contributed by atoms with Crippen LogP contribution in [0.5, 0.6) is 11.5 Å². The van der Waals surface area contributed by atoms with Crippen molar-refractivity contribution in [3.8, 4) is 11.5 Å². The van der Waals surface area contributed by atoms with E-state index in [9.17, 15) is 14.7 Å². The number of hydrogen-bond donors (Lipinski definition) is 3. The standard InChI is InChI=1S/C15H17N3O5S/c19-7-10(14(21)18-15-16-3-4-24-15)17-13(20)6-9-1-2-11-12(5-9)23-8-22-11/h1-2,5,10,19H,3-4,6-8H2,(H,17,20)(H,16,18,21). The minimum Gasteiger partial charge on any atom is -0.454 e. The van der Waals surface area contributed by atoms with Gasteiger partial charge in [-0.2, -0.15) is 0 Å². The van der Waals surface area contributed by atoms with Crippen molar-refractivity contribution in [3.05, 3.63) is 23.8 Å². The van der Waals surface area contributed by atoms with E-state index < -0.39 is 18.6 Å². The molecule has 0 spiro atoms. The van der Waals surface area contributed by atoms with Gasteiger partial charge in [-0.15, -0.1) is 0 Å². The molecule has 1 unspecified atom stereocenters. The van der Waals surface area contributed by atoms with E-state index in [0.717, 1.165) is 11.3 Å². The highest BCUT2D eigenvalue weighted by molar-refractivity contribution is 8.14. The molecular formula is C15H17N3O5S. The molecule has 1 atom stereocenters. The van der Waals surface area contributed by atoms with Crippen LogP contribution in [0.4, 0.5) is 0 Å². The molecule has 24 heavy (non-hydrogen) atoms. The number of aliphatic imine (C=N–C) groups is 1. The quantitative estimate of drug-likeness (QED) is 0.669. The number of fused-ring (bicyclic) bond motifs is 1. The molecule has 0 saturated carbocycles. The van der Waals surface area contributed by atoms with Gasteiger partial charge >= 0.3 is 0 Å². The molecule has 3 rings (SSSR count). The molecule has 0 bridgehead atoms. The van der Waals surface area contributed by atoms with Crippen molar-refractivity contribution in [2.75, 3.05) is 25.7 Å². The molecule has 9 heteroatoms. The van der Waals surface area contributed by atoms with Gasteiger partial charge in [0.1, 0.15) is 6.04 Å². The molecule has 0 aliphatic carbocycles. The van der Waals surface area contributed by atoms with Crippen LogP contribution >= 0.6 is 11.8 Å². The third kappa shape index (κ3) is 3.98. The van der Waals surface area contributed by atoms with Crippen molar-refractivity contribution in [2.24, 2.45) is 4.99 Å². The number of aliphatic hydroxyl groups excluding tert-OH is 1. The molecule has 2 aliphatic heterocycles. The maximum Gasteiger partial charge on any atom is 0.250 e. The van der Waals surface area contributed by atoms with Crippen LogP contribution in [0.3, 0.4) is 0 Å². The first kappa shape index (κ1) is 16.6. The second-order valence-electron chi connectivity index (χ2n) is 5.19. The zero-order valence-corrected chi connectivity index (χ0v) is 13.6. The number of aliphatic hydroxyl groups is 1. The van der Waals surface area contributed by atoms with E-state index in [2.05, 4.69) is 15.6 Å². The summed E-state index contributed by atoms with van der Waals surface area (Å²) in [7, 11) is 0. The molecule has 0 fully saturated rings. The van der Waals surface area contributed by atoms with E-state index in [4.69, 9.17) is 9.47 Å². The van der Waals surface area contributed by atoms with E-state index >= 15 is 0 Å². The normalized spacial score (nSPS) is 16.5. The number of nitrogens with zero attached hydrogens (tertiary/aromatic N) is 1. The first-order valence-electron chi connectivity index (χ1n) is 7.42. The fourth-order valence-corrected chi connectivity index (χ4v) is 3.01. The molecule has 0 saturated heterocycles. The first-order chi connectivity index (χ1) is 11.7. The number of thioether (sulfide) groups is 1.